The van der Waals surface area contributed by atoms with Crippen LogP contribution in [-0.4, -0.2) is 40.6 Å². The largest absolute Gasteiger partial charge is 0.494 e. The number of hydrogen-bond acceptors (Lipinski definition) is 8. The number of ether oxygens (including phenoxy) is 2. The van der Waals surface area contributed by atoms with E-state index in [9.17, 15) is 25.0 Å². The molecule has 0 aliphatic carbocycles. The molecule has 162 valence electrons. The molecule has 1 heterocycles. The minimum Gasteiger partial charge on any atom is -0.494 e. The molecule has 0 aliphatic heterocycles. The molecule has 31 heavy (non-hydrogen) atoms. The third-order valence-electron chi connectivity index (χ3n) is 4.25. The lowest BCUT2D eigenvalue weighted by Gasteiger charge is -2.06. The third kappa shape index (κ3) is 4.92. The monoisotopic (exact) mass is 446 g/mol. The van der Waals surface area contributed by atoms with Crippen LogP contribution < -0.4 is 9.54 Å². The number of rotatable bonds is 8. The normalized spacial score (nSPS) is 11.6. The first-order valence-corrected chi connectivity index (χ1v) is 9.93. The number of nitro groups is 2. The maximum atomic E-state index is 12.8. The molecule has 2 aromatic carbocycles. The number of hydrogen-bond donors (Lipinski definition) is 0. The van der Waals surface area contributed by atoms with E-state index in [1.165, 1.54) is 11.3 Å². The van der Waals surface area contributed by atoms with Crippen LogP contribution in [0.2, 0.25) is 0 Å². The topological polar surface area (TPSA) is 139 Å². The van der Waals surface area contributed by atoms with Gasteiger partial charge in [-0.05, 0) is 25.1 Å². The van der Waals surface area contributed by atoms with Crippen molar-refractivity contribution < 1.29 is 24.1 Å². The Morgan fingerprint density at radius 2 is 1.81 bits per heavy atom. The highest BCUT2D eigenvalue weighted by Gasteiger charge is 2.20. The number of methoxy groups -OCH3 is 1. The van der Waals surface area contributed by atoms with E-state index < -0.39 is 27.1 Å². The van der Waals surface area contributed by atoms with E-state index in [0.717, 1.165) is 28.4 Å². The Bertz CT molecular complexity index is 1200. The Labute approximate surface area is 179 Å². The standard InChI is InChI=1S/C19H18N4O7S/c1-3-30-15-4-5-16-17(11-15)31-19(21(16)6-7-29-2)20-18(24)12-8-13(22(25)26)10-14(9-12)23(27)28/h4-5,8-11H,3,6-7H2,1-2H3. The lowest BCUT2D eigenvalue weighted by Crippen LogP contribution is -2.19. The van der Waals surface area contributed by atoms with Gasteiger partial charge in [0.25, 0.3) is 17.3 Å². The summed E-state index contributed by atoms with van der Waals surface area (Å²) in [6.07, 6.45) is 0. The first-order valence-electron chi connectivity index (χ1n) is 9.12. The van der Waals surface area contributed by atoms with E-state index in [1.54, 1.807) is 17.7 Å². The van der Waals surface area contributed by atoms with Crippen molar-refractivity contribution in [3.05, 3.63) is 67.0 Å². The average molecular weight is 446 g/mol. The van der Waals surface area contributed by atoms with Gasteiger partial charge in [0.2, 0.25) is 0 Å². The predicted molar refractivity (Wildman–Crippen MR) is 113 cm³/mol. The van der Waals surface area contributed by atoms with Crippen molar-refractivity contribution in [1.29, 1.82) is 0 Å². The van der Waals surface area contributed by atoms with Gasteiger partial charge in [0.05, 0.1) is 44.9 Å². The van der Waals surface area contributed by atoms with Crippen LogP contribution in [0.5, 0.6) is 5.75 Å². The summed E-state index contributed by atoms with van der Waals surface area (Å²) in [4.78, 5) is 37.8. The number of fused-ring (bicyclic) bond motifs is 1. The maximum Gasteiger partial charge on any atom is 0.280 e. The van der Waals surface area contributed by atoms with Gasteiger partial charge in [-0.1, -0.05) is 11.3 Å². The van der Waals surface area contributed by atoms with Crippen molar-refractivity contribution in [2.45, 2.75) is 13.5 Å². The molecule has 0 radical (unpaired) electrons. The van der Waals surface area contributed by atoms with E-state index in [0.29, 0.717) is 30.3 Å². The lowest BCUT2D eigenvalue weighted by molar-refractivity contribution is -0.394. The van der Waals surface area contributed by atoms with Crippen LogP contribution in [0.4, 0.5) is 11.4 Å². The number of carbonyl (C=O) groups excluding carboxylic acids is 1. The number of nitro benzene ring substituents is 2. The Balaban J connectivity index is 2.13. The zero-order chi connectivity index (χ0) is 22.5. The van der Waals surface area contributed by atoms with Crippen LogP contribution in [0.25, 0.3) is 10.2 Å². The molecule has 1 amide bonds. The van der Waals surface area contributed by atoms with Gasteiger partial charge in [0.15, 0.2) is 4.80 Å². The second-order valence-electron chi connectivity index (χ2n) is 6.26. The summed E-state index contributed by atoms with van der Waals surface area (Å²) < 4.78 is 13.2. The molecule has 0 saturated carbocycles. The Hall–Kier alpha value is -3.64. The number of aromatic nitrogens is 1. The number of amides is 1. The van der Waals surface area contributed by atoms with Gasteiger partial charge in [-0.25, -0.2) is 0 Å². The second-order valence-corrected chi connectivity index (χ2v) is 7.27. The fourth-order valence-electron chi connectivity index (χ4n) is 2.87. The van der Waals surface area contributed by atoms with Gasteiger partial charge in [-0.2, -0.15) is 4.99 Å². The highest BCUT2D eigenvalue weighted by atomic mass is 32.1. The fraction of sp³-hybridized carbons (Fsp3) is 0.263. The molecule has 0 fully saturated rings. The van der Waals surface area contributed by atoms with Crippen LogP contribution in [0.3, 0.4) is 0 Å². The van der Waals surface area contributed by atoms with E-state index >= 15 is 0 Å². The zero-order valence-corrected chi connectivity index (χ0v) is 17.5. The highest BCUT2D eigenvalue weighted by molar-refractivity contribution is 7.16. The summed E-state index contributed by atoms with van der Waals surface area (Å²) in [6.45, 7) is 3.14. The van der Waals surface area contributed by atoms with Gasteiger partial charge in [0.1, 0.15) is 5.75 Å². The summed E-state index contributed by atoms with van der Waals surface area (Å²) in [7, 11) is 1.55. The smallest absolute Gasteiger partial charge is 0.280 e. The van der Waals surface area contributed by atoms with Crippen molar-refractivity contribution in [3.8, 4) is 5.75 Å². The Kier molecular flexibility index (Phi) is 6.72. The van der Waals surface area contributed by atoms with Crippen LogP contribution in [0.1, 0.15) is 17.3 Å². The summed E-state index contributed by atoms with van der Waals surface area (Å²) in [5.41, 5.74) is -0.552. The highest BCUT2D eigenvalue weighted by Crippen LogP contribution is 2.25. The molecular formula is C19H18N4O7S. The molecule has 0 saturated heterocycles. The minimum atomic E-state index is -0.824. The molecule has 0 atom stereocenters. The number of nitrogens with zero attached hydrogens (tertiary/aromatic N) is 4. The number of carbonyl (C=O) groups is 1. The predicted octanol–water partition coefficient (Wildman–Crippen LogP) is 3.31. The third-order valence-corrected chi connectivity index (χ3v) is 5.29. The first-order chi connectivity index (χ1) is 14.8. The van der Waals surface area contributed by atoms with E-state index in [1.807, 2.05) is 19.1 Å². The fourth-order valence-corrected chi connectivity index (χ4v) is 3.96. The van der Waals surface area contributed by atoms with Crippen LogP contribution in [0.15, 0.2) is 41.4 Å². The van der Waals surface area contributed by atoms with E-state index in [4.69, 9.17) is 9.47 Å². The van der Waals surface area contributed by atoms with Gasteiger partial charge in [-0.3, -0.25) is 25.0 Å². The summed E-state index contributed by atoms with van der Waals surface area (Å²) in [5.74, 6) is -0.156. The second kappa shape index (κ2) is 9.45. The van der Waals surface area contributed by atoms with Crippen LogP contribution in [-0.2, 0) is 11.3 Å². The van der Waals surface area contributed by atoms with Crippen molar-refractivity contribution in [2.75, 3.05) is 20.3 Å². The molecule has 11 nitrogen and oxygen atoms in total. The zero-order valence-electron chi connectivity index (χ0n) is 16.6. The van der Waals surface area contributed by atoms with Gasteiger partial charge in [0, 0.05) is 25.8 Å². The van der Waals surface area contributed by atoms with Crippen molar-refractivity contribution >= 4 is 38.8 Å². The van der Waals surface area contributed by atoms with Gasteiger partial charge < -0.3 is 14.0 Å². The SMILES string of the molecule is CCOc1ccc2c(c1)sc(=NC(=O)c1cc([N+](=O)[O-])cc([N+](=O)[O-])c1)n2CCOC. The average Bonchev–Trinajstić information content (AvgIpc) is 3.08. The Morgan fingerprint density at radius 3 is 2.39 bits per heavy atom. The molecule has 0 unspecified atom stereocenters. The maximum absolute atomic E-state index is 12.8. The number of thiazole rings is 1. The van der Waals surface area contributed by atoms with Crippen molar-refractivity contribution in [3.63, 3.8) is 0 Å². The minimum absolute atomic E-state index is 0.244. The lowest BCUT2D eigenvalue weighted by atomic mass is 10.1. The first kappa shape index (κ1) is 22.1. The summed E-state index contributed by atoms with van der Waals surface area (Å²) in [6, 6.07) is 8.21. The van der Waals surface area contributed by atoms with Crippen LogP contribution >= 0.6 is 11.3 Å². The molecule has 0 spiro atoms. The Morgan fingerprint density at radius 1 is 1.13 bits per heavy atom. The number of non-ortho nitro benzene ring substituents is 2. The van der Waals surface area contributed by atoms with Crippen molar-refractivity contribution in [1.82, 2.24) is 4.57 Å². The molecule has 0 aliphatic rings. The molecule has 3 rings (SSSR count). The molecule has 1 aromatic heterocycles. The molecule has 0 N–H and O–H groups in total. The summed E-state index contributed by atoms with van der Waals surface area (Å²) in [5, 5.41) is 22.2. The molecule has 12 heteroatoms. The molecular weight excluding hydrogens is 428 g/mol. The summed E-state index contributed by atoms with van der Waals surface area (Å²) >= 11 is 1.23. The van der Waals surface area contributed by atoms with Crippen molar-refractivity contribution in [2.24, 2.45) is 4.99 Å². The van der Waals surface area contributed by atoms with E-state index in [2.05, 4.69) is 4.99 Å². The van der Waals surface area contributed by atoms with Gasteiger partial charge >= 0.3 is 0 Å². The quantitative estimate of drug-likeness (QED) is 0.382. The molecule has 3 aromatic rings. The molecule has 0 bridgehead atoms. The van der Waals surface area contributed by atoms with E-state index in [-0.39, 0.29) is 5.56 Å². The van der Waals surface area contributed by atoms with Crippen LogP contribution in [0, 0.1) is 20.2 Å². The number of benzene rings is 2. The van der Waals surface area contributed by atoms with Gasteiger partial charge in [-0.15, -0.1) is 0 Å².